The SMILES string of the molecule is Cc1cccc(Cn2c3c(c(C)c2C(=O)N[C@@H](C)c2ccccc2)CCCC3)c1. The summed E-state index contributed by atoms with van der Waals surface area (Å²) >= 11 is 0. The molecular formula is C26H30N2O. The second-order valence-electron chi connectivity index (χ2n) is 8.29. The average molecular weight is 387 g/mol. The van der Waals surface area contributed by atoms with Gasteiger partial charge in [0, 0.05) is 12.2 Å². The number of nitrogens with zero attached hydrogens (tertiary/aromatic N) is 1. The molecule has 3 nitrogen and oxygen atoms in total. The van der Waals surface area contributed by atoms with E-state index in [0.717, 1.165) is 36.2 Å². The van der Waals surface area contributed by atoms with Crippen LogP contribution in [-0.4, -0.2) is 10.5 Å². The van der Waals surface area contributed by atoms with Crippen LogP contribution in [0.2, 0.25) is 0 Å². The Morgan fingerprint density at radius 1 is 1.03 bits per heavy atom. The number of hydrogen-bond donors (Lipinski definition) is 1. The molecule has 1 amide bonds. The first kappa shape index (κ1) is 19.5. The molecule has 1 aromatic heterocycles. The summed E-state index contributed by atoms with van der Waals surface area (Å²) in [6.07, 6.45) is 4.55. The van der Waals surface area contributed by atoms with E-state index < -0.39 is 0 Å². The Labute approximate surface area is 173 Å². The van der Waals surface area contributed by atoms with E-state index in [4.69, 9.17) is 0 Å². The average Bonchev–Trinajstić information content (AvgIpc) is 3.01. The summed E-state index contributed by atoms with van der Waals surface area (Å²) in [6, 6.07) is 18.7. The molecule has 1 aliphatic carbocycles. The first-order valence-corrected chi connectivity index (χ1v) is 10.7. The molecule has 0 fully saturated rings. The summed E-state index contributed by atoms with van der Waals surface area (Å²) < 4.78 is 2.28. The fourth-order valence-corrected chi connectivity index (χ4v) is 4.62. The van der Waals surface area contributed by atoms with Crippen LogP contribution in [0.4, 0.5) is 0 Å². The number of amides is 1. The van der Waals surface area contributed by atoms with E-state index in [2.05, 4.69) is 67.1 Å². The van der Waals surface area contributed by atoms with Gasteiger partial charge in [0.15, 0.2) is 0 Å². The van der Waals surface area contributed by atoms with Crippen molar-refractivity contribution in [3.05, 3.63) is 93.8 Å². The number of carbonyl (C=O) groups excluding carboxylic acids is 1. The largest absolute Gasteiger partial charge is 0.344 e. The van der Waals surface area contributed by atoms with Crippen molar-refractivity contribution in [1.29, 1.82) is 0 Å². The number of hydrogen-bond acceptors (Lipinski definition) is 1. The van der Waals surface area contributed by atoms with E-state index in [1.165, 1.54) is 35.2 Å². The molecule has 1 N–H and O–H groups in total. The van der Waals surface area contributed by atoms with Crippen molar-refractivity contribution in [2.75, 3.05) is 0 Å². The molecule has 0 unspecified atom stereocenters. The Bertz CT molecular complexity index is 1020. The summed E-state index contributed by atoms with van der Waals surface area (Å²) in [7, 11) is 0. The number of carbonyl (C=O) groups is 1. The van der Waals surface area contributed by atoms with Gasteiger partial charge in [-0.2, -0.15) is 0 Å². The van der Waals surface area contributed by atoms with Gasteiger partial charge in [-0.3, -0.25) is 4.79 Å². The molecular weight excluding hydrogens is 356 g/mol. The summed E-state index contributed by atoms with van der Waals surface area (Å²) in [4.78, 5) is 13.4. The second kappa shape index (κ2) is 8.28. The highest BCUT2D eigenvalue weighted by atomic mass is 16.2. The van der Waals surface area contributed by atoms with Gasteiger partial charge in [0.2, 0.25) is 0 Å². The molecule has 0 aliphatic heterocycles. The number of aryl methyl sites for hydroxylation is 1. The standard InChI is InChI=1S/C26H30N2O/c1-18-10-9-11-21(16-18)17-28-24-15-8-7-14-23(24)19(2)25(28)26(29)27-20(3)22-12-5-4-6-13-22/h4-6,9-13,16,20H,7-8,14-15,17H2,1-3H3,(H,27,29)/t20-/m0/s1. The number of aromatic nitrogens is 1. The second-order valence-corrected chi connectivity index (χ2v) is 8.29. The monoisotopic (exact) mass is 386 g/mol. The van der Waals surface area contributed by atoms with Gasteiger partial charge in [-0.1, -0.05) is 60.2 Å². The summed E-state index contributed by atoms with van der Waals surface area (Å²) in [5, 5.41) is 3.24. The quantitative estimate of drug-likeness (QED) is 0.615. The maximum absolute atomic E-state index is 13.4. The normalized spacial score (nSPS) is 14.3. The molecule has 29 heavy (non-hydrogen) atoms. The highest BCUT2D eigenvalue weighted by Gasteiger charge is 2.27. The van der Waals surface area contributed by atoms with Gasteiger partial charge < -0.3 is 9.88 Å². The minimum absolute atomic E-state index is 0.0255. The van der Waals surface area contributed by atoms with Gasteiger partial charge in [0.25, 0.3) is 5.91 Å². The number of fused-ring (bicyclic) bond motifs is 1. The highest BCUT2D eigenvalue weighted by molar-refractivity contribution is 5.95. The molecule has 0 bridgehead atoms. The Balaban J connectivity index is 1.70. The van der Waals surface area contributed by atoms with Gasteiger partial charge in [0.1, 0.15) is 5.69 Å². The van der Waals surface area contributed by atoms with Crippen LogP contribution in [-0.2, 0) is 19.4 Å². The predicted molar refractivity (Wildman–Crippen MR) is 118 cm³/mol. The third-order valence-electron chi connectivity index (χ3n) is 6.13. The molecule has 1 heterocycles. The minimum atomic E-state index is -0.0255. The van der Waals surface area contributed by atoms with E-state index in [1.807, 2.05) is 18.2 Å². The van der Waals surface area contributed by atoms with Gasteiger partial charge in [-0.15, -0.1) is 0 Å². The Morgan fingerprint density at radius 3 is 2.55 bits per heavy atom. The minimum Gasteiger partial charge on any atom is -0.344 e. The van der Waals surface area contributed by atoms with Gasteiger partial charge >= 0.3 is 0 Å². The van der Waals surface area contributed by atoms with Crippen LogP contribution >= 0.6 is 0 Å². The molecule has 0 spiro atoms. The zero-order valence-electron chi connectivity index (χ0n) is 17.7. The lowest BCUT2D eigenvalue weighted by Gasteiger charge is -2.19. The molecule has 3 heteroatoms. The molecule has 0 saturated heterocycles. The van der Waals surface area contributed by atoms with Gasteiger partial charge in [-0.05, 0) is 68.7 Å². The molecule has 3 aromatic rings. The van der Waals surface area contributed by atoms with Crippen LogP contribution < -0.4 is 5.32 Å². The molecule has 0 radical (unpaired) electrons. The van der Waals surface area contributed by atoms with Crippen molar-refractivity contribution >= 4 is 5.91 Å². The van der Waals surface area contributed by atoms with Crippen LogP contribution in [0.5, 0.6) is 0 Å². The van der Waals surface area contributed by atoms with Gasteiger partial charge in [-0.25, -0.2) is 0 Å². The summed E-state index contributed by atoms with van der Waals surface area (Å²) in [6.45, 7) is 7.05. The van der Waals surface area contributed by atoms with Crippen molar-refractivity contribution in [3.8, 4) is 0 Å². The van der Waals surface area contributed by atoms with Crippen LogP contribution in [0.1, 0.15) is 69.8 Å². The third-order valence-corrected chi connectivity index (χ3v) is 6.13. The number of benzene rings is 2. The molecule has 1 atom stereocenters. The van der Waals surface area contributed by atoms with Crippen molar-refractivity contribution in [3.63, 3.8) is 0 Å². The fraction of sp³-hybridized carbons (Fsp3) is 0.346. The zero-order chi connectivity index (χ0) is 20.4. The van der Waals surface area contributed by atoms with E-state index in [9.17, 15) is 4.79 Å². The lowest BCUT2D eigenvalue weighted by atomic mass is 9.95. The van der Waals surface area contributed by atoms with Crippen molar-refractivity contribution < 1.29 is 4.79 Å². The lowest BCUT2D eigenvalue weighted by molar-refractivity contribution is 0.0930. The Hall–Kier alpha value is -2.81. The van der Waals surface area contributed by atoms with E-state index in [0.29, 0.717) is 0 Å². The van der Waals surface area contributed by atoms with Crippen LogP contribution in [0.3, 0.4) is 0 Å². The lowest BCUT2D eigenvalue weighted by Crippen LogP contribution is -2.29. The number of rotatable bonds is 5. The Kier molecular flexibility index (Phi) is 5.57. The maximum Gasteiger partial charge on any atom is 0.268 e. The Morgan fingerprint density at radius 2 is 1.79 bits per heavy atom. The smallest absolute Gasteiger partial charge is 0.268 e. The van der Waals surface area contributed by atoms with Crippen molar-refractivity contribution in [2.24, 2.45) is 0 Å². The van der Waals surface area contributed by atoms with Crippen molar-refractivity contribution in [1.82, 2.24) is 9.88 Å². The van der Waals surface area contributed by atoms with E-state index >= 15 is 0 Å². The zero-order valence-corrected chi connectivity index (χ0v) is 17.7. The van der Waals surface area contributed by atoms with E-state index in [-0.39, 0.29) is 11.9 Å². The molecule has 0 saturated carbocycles. The summed E-state index contributed by atoms with van der Waals surface area (Å²) in [5.41, 5.74) is 8.36. The van der Waals surface area contributed by atoms with Crippen molar-refractivity contribution in [2.45, 2.75) is 59.0 Å². The molecule has 4 rings (SSSR count). The third kappa shape index (κ3) is 4.00. The van der Waals surface area contributed by atoms with Gasteiger partial charge in [0.05, 0.1) is 6.04 Å². The molecule has 150 valence electrons. The fourth-order valence-electron chi connectivity index (χ4n) is 4.62. The summed E-state index contributed by atoms with van der Waals surface area (Å²) in [5.74, 6) is 0.0286. The topological polar surface area (TPSA) is 34.0 Å². The van der Waals surface area contributed by atoms with E-state index in [1.54, 1.807) is 0 Å². The molecule has 2 aromatic carbocycles. The van der Waals surface area contributed by atoms with Crippen LogP contribution in [0.25, 0.3) is 0 Å². The number of nitrogens with one attached hydrogen (secondary N) is 1. The maximum atomic E-state index is 13.4. The first-order chi connectivity index (χ1) is 14.0. The van der Waals surface area contributed by atoms with Crippen LogP contribution in [0.15, 0.2) is 54.6 Å². The predicted octanol–water partition coefficient (Wildman–Crippen LogP) is 5.52. The van der Waals surface area contributed by atoms with Crippen LogP contribution in [0, 0.1) is 13.8 Å². The first-order valence-electron chi connectivity index (χ1n) is 10.7. The highest BCUT2D eigenvalue weighted by Crippen LogP contribution is 2.31. The molecule has 1 aliphatic rings.